The van der Waals surface area contributed by atoms with E-state index in [1.807, 2.05) is 13.0 Å². The third kappa shape index (κ3) is 2.71. The average Bonchev–Trinajstić information content (AvgIpc) is 2.26. The Labute approximate surface area is 83.2 Å². The Morgan fingerprint density at radius 1 is 1.64 bits per heavy atom. The van der Waals surface area contributed by atoms with E-state index in [1.165, 1.54) is 6.20 Å². The van der Waals surface area contributed by atoms with Crippen molar-refractivity contribution in [2.75, 3.05) is 11.9 Å². The number of nitrogens with one attached hydrogen (secondary N) is 1. The fraction of sp³-hybridized carbons (Fsp3) is 0.400. The highest BCUT2D eigenvalue weighted by Gasteiger charge is 2.04. The molecule has 0 radical (unpaired) electrons. The fourth-order valence-electron chi connectivity index (χ4n) is 1.03. The van der Waals surface area contributed by atoms with Crippen molar-refractivity contribution in [1.82, 2.24) is 4.98 Å². The van der Waals surface area contributed by atoms with Crippen LogP contribution in [0.3, 0.4) is 0 Å². The van der Waals surface area contributed by atoms with E-state index in [0.717, 1.165) is 6.42 Å². The van der Waals surface area contributed by atoms with Crippen molar-refractivity contribution < 1.29 is 5.11 Å². The molecule has 0 aliphatic carbocycles. The number of nitriles is 1. The van der Waals surface area contributed by atoms with E-state index in [-0.39, 0.29) is 12.6 Å². The zero-order valence-corrected chi connectivity index (χ0v) is 8.07. The van der Waals surface area contributed by atoms with E-state index in [2.05, 4.69) is 10.3 Å². The molecule has 1 aromatic heterocycles. The number of hydrogen-bond acceptors (Lipinski definition) is 4. The van der Waals surface area contributed by atoms with Crippen LogP contribution < -0.4 is 5.32 Å². The molecule has 1 unspecified atom stereocenters. The van der Waals surface area contributed by atoms with Crippen LogP contribution >= 0.6 is 0 Å². The van der Waals surface area contributed by atoms with E-state index in [4.69, 9.17) is 10.4 Å². The van der Waals surface area contributed by atoms with Crippen LogP contribution in [0.1, 0.15) is 18.9 Å². The van der Waals surface area contributed by atoms with E-state index >= 15 is 0 Å². The third-order valence-electron chi connectivity index (χ3n) is 1.96. The quantitative estimate of drug-likeness (QED) is 0.748. The van der Waals surface area contributed by atoms with Crippen molar-refractivity contribution in [2.24, 2.45) is 0 Å². The second-order valence-corrected chi connectivity index (χ2v) is 2.98. The summed E-state index contributed by atoms with van der Waals surface area (Å²) in [5.41, 5.74) is 0.535. The average molecular weight is 191 g/mol. The van der Waals surface area contributed by atoms with Crippen molar-refractivity contribution in [2.45, 2.75) is 19.4 Å². The van der Waals surface area contributed by atoms with Gasteiger partial charge in [-0.1, -0.05) is 6.92 Å². The first-order valence-electron chi connectivity index (χ1n) is 4.53. The number of nitrogens with zero attached hydrogens (tertiary/aromatic N) is 2. The smallest absolute Gasteiger partial charge is 0.126 e. The molecule has 14 heavy (non-hydrogen) atoms. The zero-order chi connectivity index (χ0) is 10.4. The molecule has 0 bridgehead atoms. The predicted octanol–water partition coefficient (Wildman–Crippen LogP) is 1.14. The lowest BCUT2D eigenvalue weighted by Crippen LogP contribution is -2.23. The molecule has 0 saturated carbocycles. The summed E-state index contributed by atoms with van der Waals surface area (Å²) in [4.78, 5) is 4.04. The highest BCUT2D eigenvalue weighted by Crippen LogP contribution is 2.06. The molecule has 0 aromatic carbocycles. The van der Waals surface area contributed by atoms with Gasteiger partial charge < -0.3 is 10.4 Å². The van der Waals surface area contributed by atoms with Gasteiger partial charge in [0.05, 0.1) is 18.2 Å². The van der Waals surface area contributed by atoms with Gasteiger partial charge in [0.2, 0.25) is 0 Å². The van der Waals surface area contributed by atoms with Crippen molar-refractivity contribution >= 4 is 5.82 Å². The van der Waals surface area contributed by atoms with Gasteiger partial charge in [-0.25, -0.2) is 4.98 Å². The Hall–Kier alpha value is -1.60. The normalized spacial score (nSPS) is 11.8. The molecule has 0 aliphatic heterocycles. The number of aliphatic hydroxyl groups is 1. The van der Waals surface area contributed by atoms with Crippen molar-refractivity contribution in [3.05, 3.63) is 23.9 Å². The molecule has 1 heterocycles. The first kappa shape index (κ1) is 10.5. The summed E-state index contributed by atoms with van der Waals surface area (Å²) in [5.74, 6) is 0.685. The number of rotatable bonds is 4. The summed E-state index contributed by atoms with van der Waals surface area (Å²) < 4.78 is 0. The lowest BCUT2D eigenvalue weighted by molar-refractivity contribution is 0.271. The number of aliphatic hydroxyl groups excluding tert-OH is 1. The molecule has 0 spiro atoms. The molecule has 1 rings (SSSR count). The SMILES string of the molecule is CCC(CO)Nc1ccc(C#N)cn1. The summed E-state index contributed by atoms with van der Waals surface area (Å²) in [6.45, 7) is 2.07. The molecule has 4 nitrogen and oxygen atoms in total. The first-order chi connectivity index (χ1) is 6.80. The minimum atomic E-state index is 0.0236. The van der Waals surface area contributed by atoms with Crippen molar-refractivity contribution in [1.29, 1.82) is 5.26 Å². The monoisotopic (exact) mass is 191 g/mol. The largest absolute Gasteiger partial charge is 0.394 e. The van der Waals surface area contributed by atoms with E-state index in [1.54, 1.807) is 12.1 Å². The van der Waals surface area contributed by atoms with Crippen molar-refractivity contribution in [3.8, 4) is 6.07 Å². The number of anilines is 1. The van der Waals surface area contributed by atoms with Gasteiger partial charge in [-0.15, -0.1) is 0 Å². The van der Waals surface area contributed by atoms with E-state index in [0.29, 0.717) is 11.4 Å². The number of aromatic nitrogens is 1. The van der Waals surface area contributed by atoms with Gasteiger partial charge in [-0.05, 0) is 18.6 Å². The first-order valence-corrected chi connectivity index (χ1v) is 4.53. The Morgan fingerprint density at radius 2 is 2.43 bits per heavy atom. The van der Waals surface area contributed by atoms with Gasteiger partial charge in [0.15, 0.2) is 0 Å². The zero-order valence-electron chi connectivity index (χ0n) is 8.07. The lowest BCUT2D eigenvalue weighted by atomic mass is 10.2. The summed E-state index contributed by atoms with van der Waals surface area (Å²) in [6.07, 6.45) is 2.34. The van der Waals surface area contributed by atoms with Crippen LogP contribution in [0.4, 0.5) is 5.82 Å². The number of pyridine rings is 1. The van der Waals surface area contributed by atoms with Gasteiger partial charge >= 0.3 is 0 Å². The Kier molecular flexibility index (Phi) is 3.89. The molecule has 0 aliphatic rings. The van der Waals surface area contributed by atoms with Crippen LogP contribution in [0.5, 0.6) is 0 Å². The second kappa shape index (κ2) is 5.20. The molecule has 74 valence electrons. The highest BCUT2D eigenvalue weighted by molar-refractivity contribution is 5.39. The molecule has 0 fully saturated rings. The number of hydrogen-bond donors (Lipinski definition) is 2. The van der Waals surface area contributed by atoms with Crippen LogP contribution in [0.2, 0.25) is 0 Å². The van der Waals surface area contributed by atoms with Crippen LogP contribution in [0.25, 0.3) is 0 Å². The maximum absolute atomic E-state index is 8.95. The van der Waals surface area contributed by atoms with E-state index < -0.39 is 0 Å². The summed E-state index contributed by atoms with van der Waals surface area (Å²) in [7, 11) is 0. The standard InChI is InChI=1S/C10H13N3O/c1-2-9(7-14)13-10-4-3-8(5-11)6-12-10/h3-4,6,9,14H,2,7H2,1H3,(H,12,13). The van der Waals surface area contributed by atoms with Gasteiger partial charge in [0.1, 0.15) is 11.9 Å². The summed E-state index contributed by atoms with van der Waals surface area (Å²) in [6, 6.07) is 5.45. The van der Waals surface area contributed by atoms with Gasteiger partial charge in [-0.3, -0.25) is 0 Å². The second-order valence-electron chi connectivity index (χ2n) is 2.98. The maximum Gasteiger partial charge on any atom is 0.126 e. The van der Waals surface area contributed by atoms with Crippen LogP contribution in [0.15, 0.2) is 18.3 Å². The Bertz CT molecular complexity index is 311. The highest BCUT2D eigenvalue weighted by atomic mass is 16.3. The summed E-state index contributed by atoms with van der Waals surface area (Å²) >= 11 is 0. The van der Waals surface area contributed by atoms with Crippen LogP contribution in [-0.2, 0) is 0 Å². The molecule has 0 amide bonds. The Morgan fingerprint density at radius 3 is 2.86 bits per heavy atom. The molecule has 1 aromatic rings. The third-order valence-corrected chi connectivity index (χ3v) is 1.96. The van der Waals surface area contributed by atoms with Crippen LogP contribution in [-0.4, -0.2) is 22.7 Å². The Balaban J connectivity index is 2.64. The van der Waals surface area contributed by atoms with Gasteiger partial charge in [-0.2, -0.15) is 5.26 Å². The minimum absolute atomic E-state index is 0.0236. The predicted molar refractivity (Wildman–Crippen MR) is 53.7 cm³/mol. The van der Waals surface area contributed by atoms with Crippen molar-refractivity contribution in [3.63, 3.8) is 0 Å². The molecule has 1 atom stereocenters. The maximum atomic E-state index is 8.95. The topological polar surface area (TPSA) is 68.9 Å². The molecule has 2 N–H and O–H groups in total. The molecular formula is C10H13N3O. The summed E-state index contributed by atoms with van der Waals surface area (Å²) in [5, 5.41) is 20.6. The minimum Gasteiger partial charge on any atom is -0.394 e. The molecule has 0 saturated heterocycles. The lowest BCUT2D eigenvalue weighted by Gasteiger charge is -2.14. The molecular weight excluding hydrogens is 178 g/mol. The van der Waals surface area contributed by atoms with Gasteiger partial charge in [0, 0.05) is 6.20 Å². The fourth-order valence-corrected chi connectivity index (χ4v) is 1.03. The molecule has 4 heteroatoms. The van der Waals surface area contributed by atoms with E-state index in [9.17, 15) is 0 Å². The van der Waals surface area contributed by atoms with Gasteiger partial charge in [0.25, 0.3) is 0 Å². The van der Waals surface area contributed by atoms with Crippen LogP contribution in [0, 0.1) is 11.3 Å².